The molecule has 2 heterocycles. The van der Waals surface area contributed by atoms with Gasteiger partial charge in [0.2, 0.25) is 23.6 Å². The average Bonchev–Trinajstić information content (AvgIpc) is 3.88. The zero-order valence-corrected chi connectivity index (χ0v) is 39.4. The molecule has 0 aliphatic carbocycles. The second-order valence-electron chi connectivity index (χ2n) is 17.0. The Balaban J connectivity index is 1.41. The number of nitrogens with two attached hydrogens (primary N) is 1. The number of amides is 4. The number of nitrogens with zero attached hydrogens (tertiary/aromatic N) is 2. The van der Waals surface area contributed by atoms with E-state index in [-0.39, 0.29) is 125 Å². The molecule has 1 aromatic heterocycles. The molecule has 4 atom stereocenters. The highest BCUT2D eigenvalue weighted by Crippen LogP contribution is 2.27. The fourth-order valence-corrected chi connectivity index (χ4v) is 8.57. The summed E-state index contributed by atoms with van der Waals surface area (Å²) in [5, 5.41) is 23.4. The van der Waals surface area contributed by atoms with E-state index >= 15 is 0 Å². The van der Waals surface area contributed by atoms with Gasteiger partial charge in [0.15, 0.2) is 5.78 Å². The lowest BCUT2D eigenvalue weighted by atomic mass is 9.88. The number of carbonyl (C=O) groups excluding carboxylic acids is 6. The summed E-state index contributed by atoms with van der Waals surface area (Å²) >= 11 is 1.53. The van der Waals surface area contributed by atoms with E-state index in [9.17, 15) is 43.5 Å². The number of carboxylic acids is 2. The van der Waals surface area contributed by atoms with Gasteiger partial charge in [-0.05, 0) is 31.4 Å². The highest BCUT2D eigenvalue weighted by atomic mass is 32.2. The standard InChI is InChI=1S/C46H76N6O12S/c1-34(27-39(54)37(47)29-36-31-48-33-51-36)38(53)28-35(46(61)62)17-14-15-20-49-42(56)32-64-25-24-63-23-21-50-41(55)19-22-52-43(57)30-40(45(52)60)65-26-16-12-10-8-6-4-2-3-5-7-9-11-13-18-44(58)59/h31,33-35,37,40H,2-30,32,47H2,1H3,(H,48,51)(H,49,56)(H,50,55)(H,58,59)(H,61,62)/t34-,35+,37-,40?/m0/s1. The van der Waals surface area contributed by atoms with Gasteiger partial charge >= 0.3 is 11.9 Å². The molecule has 368 valence electrons. The summed E-state index contributed by atoms with van der Waals surface area (Å²) in [7, 11) is 0. The molecule has 19 heteroatoms. The number of carbonyl (C=O) groups is 8. The summed E-state index contributed by atoms with van der Waals surface area (Å²) in [4.78, 5) is 105. The van der Waals surface area contributed by atoms with Crippen molar-refractivity contribution in [2.24, 2.45) is 17.6 Å². The van der Waals surface area contributed by atoms with Crippen LogP contribution in [-0.2, 0) is 54.3 Å². The lowest BCUT2D eigenvalue weighted by Gasteiger charge is -2.16. The first-order chi connectivity index (χ1) is 31.3. The number of Topliss-reactive ketones (excluding diaryl/α,β-unsaturated/α-hetero) is 2. The fraction of sp³-hybridized carbons (Fsp3) is 0.761. The SMILES string of the molecule is C[C@@H](CC(=O)[C@@H](N)Cc1cnc[nH]1)C(=O)C[C@@H](CCCCNC(=O)COCCOCCNC(=O)CCN1C(=O)CC(SCCCCCCCCCCCCCCCC(=O)O)C1=O)C(=O)O. The Kier molecular flexibility index (Phi) is 30.7. The van der Waals surface area contributed by atoms with Crippen molar-refractivity contribution in [1.82, 2.24) is 25.5 Å². The van der Waals surface area contributed by atoms with E-state index in [1.54, 1.807) is 13.1 Å². The van der Waals surface area contributed by atoms with Gasteiger partial charge in [0.05, 0.1) is 43.4 Å². The first-order valence-corrected chi connectivity index (χ1v) is 24.7. The molecule has 4 amide bonds. The van der Waals surface area contributed by atoms with Gasteiger partial charge in [-0.25, -0.2) is 4.98 Å². The molecule has 0 spiro atoms. The number of rotatable bonds is 42. The van der Waals surface area contributed by atoms with Crippen LogP contribution in [0.4, 0.5) is 0 Å². The van der Waals surface area contributed by atoms with Crippen LogP contribution in [0.25, 0.3) is 0 Å². The highest BCUT2D eigenvalue weighted by Gasteiger charge is 2.38. The number of H-pyrrole nitrogens is 1. The van der Waals surface area contributed by atoms with Crippen molar-refractivity contribution in [3.05, 3.63) is 18.2 Å². The molecule has 1 saturated heterocycles. The number of hydrogen-bond donors (Lipinski definition) is 6. The molecule has 18 nitrogen and oxygen atoms in total. The summed E-state index contributed by atoms with van der Waals surface area (Å²) < 4.78 is 10.8. The van der Waals surface area contributed by atoms with Crippen molar-refractivity contribution in [3.63, 3.8) is 0 Å². The van der Waals surface area contributed by atoms with Gasteiger partial charge in [-0.2, -0.15) is 0 Å². The second-order valence-corrected chi connectivity index (χ2v) is 18.3. The zero-order valence-electron chi connectivity index (χ0n) is 38.5. The molecule has 2 rings (SSSR count). The third kappa shape index (κ3) is 27.1. The van der Waals surface area contributed by atoms with Crippen molar-refractivity contribution >= 4 is 58.9 Å². The van der Waals surface area contributed by atoms with Crippen molar-refractivity contribution in [2.45, 2.75) is 159 Å². The minimum Gasteiger partial charge on any atom is -0.481 e. The monoisotopic (exact) mass is 937 g/mol. The third-order valence-corrected chi connectivity index (χ3v) is 12.7. The number of nitrogens with one attached hydrogen (secondary N) is 3. The minimum atomic E-state index is -1.09. The predicted octanol–water partition coefficient (Wildman–Crippen LogP) is 4.77. The number of likely N-dealkylation sites (tertiary alicyclic amines) is 1. The van der Waals surface area contributed by atoms with Gasteiger partial charge in [0.25, 0.3) is 0 Å². The van der Waals surface area contributed by atoms with Crippen molar-refractivity contribution < 1.29 is 58.0 Å². The molecular weight excluding hydrogens is 861 g/mol. The molecule has 1 aliphatic rings. The molecule has 1 aromatic rings. The van der Waals surface area contributed by atoms with E-state index in [4.69, 9.17) is 20.3 Å². The molecule has 0 aromatic carbocycles. The Hall–Kier alpha value is -4.20. The predicted molar refractivity (Wildman–Crippen MR) is 246 cm³/mol. The first kappa shape index (κ1) is 56.9. The third-order valence-electron chi connectivity index (χ3n) is 11.4. The second kappa shape index (κ2) is 35.1. The van der Waals surface area contributed by atoms with Gasteiger partial charge in [0.1, 0.15) is 12.4 Å². The normalized spacial score (nSPS) is 15.2. The number of aliphatic carboxylic acids is 2. The van der Waals surface area contributed by atoms with Crippen LogP contribution in [0.2, 0.25) is 0 Å². The molecule has 65 heavy (non-hydrogen) atoms. The topological polar surface area (TPSA) is 277 Å². The maximum Gasteiger partial charge on any atom is 0.306 e. The Morgan fingerprint density at radius 1 is 0.800 bits per heavy atom. The van der Waals surface area contributed by atoms with Crippen LogP contribution in [0.3, 0.4) is 0 Å². The van der Waals surface area contributed by atoms with Crippen LogP contribution in [0.15, 0.2) is 12.5 Å². The van der Waals surface area contributed by atoms with E-state index < -0.39 is 29.8 Å². The van der Waals surface area contributed by atoms with E-state index in [1.807, 2.05) is 0 Å². The van der Waals surface area contributed by atoms with E-state index in [2.05, 4.69) is 20.6 Å². The lowest BCUT2D eigenvalue weighted by Crippen LogP contribution is -2.36. The largest absolute Gasteiger partial charge is 0.481 e. The van der Waals surface area contributed by atoms with Gasteiger partial charge in [-0.15, -0.1) is 11.8 Å². The number of thioether (sulfide) groups is 1. The van der Waals surface area contributed by atoms with E-state index in [0.717, 1.165) is 44.3 Å². The Morgan fingerprint density at radius 2 is 1.43 bits per heavy atom. The summed E-state index contributed by atoms with van der Waals surface area (Å²) in [6, 6.07) is -0.793. The molecule has 1 fully saturated rings. The van der Waals surface area contributed by atoms with Crippen molar-refractivity contribution in [3.8, 4) is 0 Å². The van der Waals surface area contributed by atoms with Crippen LogP contribution in [-0.4, -0.2) is 135 Å². The molecule has 1 aliphatic heterocycles. The summed E-state index contributed by atoms with van der Waals surface area (Å²) in [6.07, 6.45) is 19.5. The molecule has 0 radical (unpaired) electrons. The van der Waals surface area contributed by atoms with Crippen LogP contribution < -0.4 is 16.4 Å². The Bertz CT molecular complexity index is 1580. The number of aromatic amines is 1. The van der Waals surface area contributed by atoms with Crippen LogP contribution in [0, 0.1) is 11.8 Å². The first-order valence-electron chi connectivity index (χ1n) is 23.7. The molecule has 7 N–H and O–H groups in total. The maximum absolute atomic E-state index is 12.8. The van der Waals surface area contributed by atoms with Crippen LogP contribution in [0.5, 0.6) is 0 Å². The quantitative estimate of drug-likeness (QED) is 0.0381. The number of imidazole rings is 1. The number of ether oxygens (including phenoxy) is 2. The van der Waals surface area contributed by atoms with Crippen LogP contribution >= 0.6 is 11.8 Å². The van der Waals surface area contributed by atoms with Crippen molar-refractivity contribution in [2.75, 3.05) is 51.8 Å². The summed E-state index contributed by atoms with van der Waals surface area (Å²) in [5.74, 6) is -4.22. The lowest BCUT2D eigenvalue weighted by molar-refractivity contribution is -0.144. The zero-order chi connectivity index (χ0) is 47.7. The van der Waals surface area contributed by atoms with Gasteiger partial charge in [-0.1, -0.05) is 84.0 Å². The van der Waals surface area contributed by atoms with Gasteiger partial charge < -0.3 is 41.0 Å². The number of aromatic nitrogens is 2. The summed E-state index contributed by atoms with van der Waals surface area (Å²) in [6.45, 7) is 2.55. The Morgan fingerprint density at radius 3 is 2.06 bits per heavy atom. The minimum absolute atomic E-state index is 0.00856. The number of unbranched alkanes of at least 4 members (excludes halogenated alkanes) is 13. The smallest absolute Gasteiger partial charge is 0.306 e. The van der Waals surface area contributed by atoms with Gasteiger partial charge in [0, 0.05) is 76.0 Å². The molecule has 0 saturated carbocycles. The molecule has 1 unspecified atom stereocenters. The van der Waals surface area contributed by atoms with Gasteiger partial charge in [-0.3, -0.25) is 43.3 Å². The fourth-order valence-electron chi connectivity index (χ4n) is 7.38. The van der Waals surface area contributed by atoms with Crippen molar-refractivity contribution in [1.29, 1.82) is 0 Å². The highest BCUT2D eigenvalue weighted by molar-refractivity contribution is 8.00. The van der Waals surface area contributed by atoms with E-state index in [1.165, 1.54) is 67.9 Å². The molecular formula is C46H76N6O12S. The maximum atomic E-state index is 12.8. The number of ketones is 2. The Labute approximate surface area is 388 Å². The van der Waals surface area contributed by atoms with E-state index in [0.29, 0.717) is 25.1 Å². The van der Waals surface area contributed by atoms with Crippen LogP contribution in [0.1, 0.15) is 147 Å². The number of hydrogen-bond acceptors (Lipinski definition) is 13. The number of carboxylic acid groups (broad SMARTS) is 2. The molecule has 0 bridgehead atoms. The number of imide groups is 1. The summed E-state index contributed by atoms with van der Waals surface area (Å²) in [5.41, 5.74) is 6.68. The average molecular weight is 937 g/mol.